The van der Waals surface area contributed by atoms with Crippen molar-refractivity contribution in [2.75, 3.05) is 7.11 Å². The Hall–Kier alpha value is -1.29. The number of rotatable bonds is 5. The van der Waals surface area contributed by atoms with Crippen molar-refractivity contribution < 1.29 is 9.53 Å². The Morgan fingerprint density at radius 3 is 2.71 bits per heavy atom. The largest absolute Gasteiger partial charge is 0.480 e. The van der Waals surface area contributed by atoms with Gasteiger partial charge in [0.1, 0.15) is 0 Å². The molecule has 0 unspecified atom stereocenters. The average Bonchev–Trinajstić information content (AvgIpc) is 2.23. The maximum absolute atomic E-state index is 10.1. The van der Waals surface area contributed by atoms with E-state index in [1.54, 1.807) is 18.2 Å². The van der Waals surface area contributed by atoms with Gasteiger partial charge in [-0.25, -0.2) is 0 Å². The van der Waals surface area contributed by atoms with Crippen LogP contribution in [-0.4, -0.2) is 18.6 Å². The Morgan fingerprint density at radius 1 is 1.57 bits per heavy atom. The molecule has 0 aromatic rings. The standard InChI is InChI=1S/C10H13NO2S/c1-4-6-7-9(5-2)10(13-3)11-14-8-12/h4-8H,1H2,2-3H3/b7-6-,9-5+,11-10-. The molecular formula is C10H13NO2S. The van der Waals surface area contributed by atoms with Gasteiger partial charge in [-0.05, 0) is 13.0 Å². The van der Waals surface area contributed by atoms with E-state index in [0.717, 1.165) is 17.5 Å². The maximum atomic E-state index is 10.1. The molecule has 0 aromatic heterocycles. The molecule has 0 atom stereocenters. The number of allylic oxidation sites excluding steroid dienone is 3. The molecule has 0 rings (SSSR count). The molecule has 0 heterocycles. The first-order chi connectivity index (χ1) is 6.79. The second-order valence-electron chi connectivity index (χ2n) is 2.14. The molecule has 0 N–H and O–H groups in total. The highest BCUT2D eigenvalue weighted by molar-refractivity contribution is 8.10. The minimum Gasteiger partial charge on any atom is -0.480 e. The van der Waals surface area contributed by atoms with E-state index in [0.29, 0.717) is 11.5 Å². The monoisotopic (exact) mass is 211 g/mol. The minimum absolute atomic E-state index is 0.419. The second kappa shape index (κ2) is 8.31. The van der Waals surface area contributed by atoms with Crippen LogP contribution in [0.1, 0.15) is 6.92 Å². The van der Waals surface area contributed by atoms with Crippen molar-refractivity contribution in [3.8, 4) is 0 Å². The molecule has 0 fully saturated rings. The van der Waals surface area contributed by atoms with Crippen molar-refractivity contribution in [3.05, 3.63) is 36.5 Å². The summed E-state index contributed by atoms with van der Waals surface area (Å²) in [6, 6.07) is 0. The van der Waals surface area contributed by atoms with Gasteiger partial charge in [0.25, 0.3) is 0 Å². The second-order valence-corrected chi connectivity index (χ2v) is 2.73. The van der Waals surface area contributed by atoms with Crippen LogP contribution in [0.15, 0.2) is 40.9 Å². The Labute approximate surface area is 88.4 Å². The summed E-state index contributed by atoms with van der Waals surface area (Å²) in [5, 5.41) is 0. The number of methoxy groups -OCH3 is 1. The molecule has 0 amide bonds. The van der Waals surface area contributed by atoms with Crippen LogP contribution in [0.4, 0.5) is 0 Å². The normalized spacial score (nSPS) is 13.0. The molecule has 0 radical (unpaired) electrons. The van der Waals surface area contributed by atoms with Crippen LogP contribution in [0.5, 0.6) is 0 Å². The molecular weight excluding hydrogens is 198 g/mol. The van der Waals surface area contributed by atoms with Gasteiger partial charge in [0.05, 0.1) is 19.1 Å². The highest BCUT2D eigenvalue weighted by Crippen LogP contribution is 2.07. The van der Waals surface area contributed by atoms with Crippen molar-refractivity contribution in [1.29, 1.82) is 0 Å². The first kappa shape index (κ1) is 12.7. The van der Waals surface area contributed by atoms with Gasteiger partial charge in [-0.2, -0.15) is 4.40 Å². The van der Waals surface area contributed by atoms with Gasteiger partial charge < -0.3 is 4.74 Å². The fraction of sp³-hybridized carbons (Fsp3) is 0.200. The molecule has 4 heteroatoms. The van der Waals surface area contributed by atoms with E-state index in [1.807, 2.05) is 13.0 Å². The maximum Gasteiger partial charge on any atom is 0.227 e. The topological polar surface area (TPSA) is 38.7 Å². The third-order valence-corrected chi connectivity index (χ3v) is 1.70. The molecule has 0 aromatic carbocycles. The highest BCUT2D eigenvalue weighted by Gasteiger charge is 2.01. The van der Waals surface area contributed by atoms with Crippen molar-refractivity contribution in [2.45, 2.75) is 6.92 Å². The minimum atomic E-state index is 0.419. The molecule has 3 nitrogen and oxygen atoms in total. The molecule has 0 aliphatic rings. The Morgan fingerprint density at radius 2 is 2.29 bits per heavy atom. The lowest BCUT2D eigenvalue weighted by molar-refractivity contribution is 0.406. The van der Waals surface area contributed by atoms with Gasteiger partial charge >= 0.3 is 0 Å². The van der Waals surface area contributed by atoms with Crippen LogP contribution in [0.25, 0.3) is 0 Å². The molecule has 14 heavy (non-hydrogen) atoms. The number of nitrogens with zero attached hydrogens (tertiary/aromatic N) is 1. The smallest absolute Gasteiger partial charge is 0.227 e. The summed E-state index contributed by atoms with van der Waals surface area (Å²) >= 11 is 0.800. The summed E-state index contributed by atoms with van der Waals surface area (Å²) in [7, 11) is 1.51. The van der Waals surface area contributed by atoms with E-state index in [2.05, 4.69) is 11.0 Å². The summed E-state index contributed by atoms with van der Waals surface area (Å²) in [5.74, 6) is 0.419. The molecule has 0 bridgehead atoms. The predicted molar refractivity (Wildman–Crippen MR) is 61.9 cm³/mol. The Balaban J connectivity index is 4.70. The van der Waals surface area contributed by atoms with Crippen molar-refractivity contribution in [3.63, 3.8) is 0 Å². The lowest BCUT2D eigenvalue weighted by Crippen LogP contribution is -2.02. The molecule has 0 saturated heterocycles. The lowest BCUT2D eigenvalue weighted by atomic mass is 10.2. The number of hydrogen-bond donors (Lipinski definition) is 0. The summed E-state index contributed by atoms with van der Waals surface area (Å²) in [4.78, 5) is 10.1. The van der Waals surface area contributed by atoms with Crippen LogP contribution in [0.2, 0.25) is 0 Å². The van der Waals surface area contributed by atoms with Gasteiger partial charge in [-0.15, -0.1) is 0 Å². The van der Waals surface area contributed by atoms with E-state index >= 15 is 0 Å². The Kier molecular flexibility index (Phi) is 7.55. The van der Waals surface area contributed by atoms with E-state index in [1.165, 1.54) is 7.11 Å². The van der Waals surface area contributed by atoms with Crippen LogP contribution < -0.4 is 0 Å². The van der Waals surface area contributed by atoms with Crippen LogP contribution >= 0.6 is 11.9 Å². The molecule has 0 aliphatic carbocycles. The van der Waals surface area contributed by atoms with Gasteiger partial charge in [-0.1, -0.05) is 24.8 Å². The number of carbonyl (C=O) groups is 1. The van der Waals surface area contributed by atoms with Crippen LogP contribution in [0.3, 0.4) is 0 Å². The zero-order valence-electron chi connectivity index (χ0n) is 8.27. The van der Waals surface area contributed by atoms with Crippen molar-refractivity contribution >= 4 is 23.5 Å². The van der Waals surface area contributed by atoms with E-state index in [4.69, 9.17) is 4.74 Å². The number of hydrogen-bond acceptors (Lipinski definition) is 4. The third-order valence-electron chi connectivity index (χ3n) is 1.34. The zero-order chi connectivity index (χ0) is 10.8. The lowest BCUT2D eigenvalue weighted by Gasteiger charge is -2.03. The van der Waals surface area contributed by atoms with Crippen molar-refractivity contribution in [1.82, 2.24) is 0 Å². The first-order valence-electron chi connectivity index (χ1n) is 3.97. The zero-order valence-corrected chi connectivity index (χ0v) is 9.08. The van der Waals surface area contributed by atoms with Crippen LogP contribution in [0, 0.1) is 0 Å². The summed E-state index contributed by atoms with van der Waals surface area (Å²) in [6.07, 6.45) is 7.08. The van der Waals surface area contributed by atoms with Crippen molar-refractivity contribution in [2.24, 2.45) is 4.40 Å². The van der Waals surface area contributed by atoms with Gasteiger partial charge in [-0.3, -0.25) is 4.79 Å². The predicted octanol–water partition coefficient (Wildman–Crippen LogP) is 2.56. The SMILES string of the molecule is C=C\C=C/C(=C\C)C(=N/SC=O)/OC. The van der Waals surface area contributed by atoms with Crippen LogP contribution in [-0.2, 0) is 9.53 Å². The molecule has 0 aliphatic heterocycles. The quantitative estimate of drug-likeness (QED) is 0.231. The Bertz CT molecular complexity index is 280. The fourth-order valence-electron chi connectivity index (χ4n) is 0.740. The number of ether oxygens (including phenoxy) is 1. The van der Waals surface area contributed by atoms with E-state index in [9.17, 15) is 4.79 Å². The third kappa shape index (κ3) is 4.67. The van der Waals surface area contributed by atoms with Gasteiger partial charge in [0, 0.05) is 5.57 Å². The molecule has 0 spiro atoms. The fourth-order valence-corrected chi connectivity index (χ4v) is 1.06. The van der Waals surface area contributed by atoms with E-state index in [-0.39, 0.29) is 0 Å². The average molecular weight is 211 g/mol. The first-order valence-corrected chi connectivity index (χ1v) is 4.81. The number of carbonyl (C=O) groups excluding carboxylic acids is 1. The van der Waals surface area contributed by atoms with Gasteiger partial charge in [0.15, 0.2) is 5.62 Å². The van der Waals surface area contributed by atoms with E-state index < -0.39 is 0 Å². The summed E-state index contributed by atoms with van der Waals surface area (Å²) in [5.41, 5.74) is 1.45. The highest BCUT2D eigenvalue weighted by atomic mass is 32.2. The molecule has 76 valence electrons. The van der Waals surface area contributed by atoms with Gasteiger partial charge in [0.2, 0.25) is 5.90 Å². The summed E-state index contributed by atoms with van der Waals surface area (Å²) < 4.78 is 8.89. The molecule has 0 saturated carbocycles. The summed E-state index contributed by atoms with van der Waals surface area (Å²) in [6.45, 7) is 5.42.